The highest BCUT2D eigenvalue weighted by molar-refractivity contribution is 5.94. The van der Waals surface area contributed by atoms with Gasteiger partial charge in [-0.1, -0.05) is 60.7 Å². The van der Waals surface area contributed by atoms with Crippen molar-refractivity contribution in [2.45, 2.75) is 19.8 Å². The lowest BCUT2D eigenvalue weighted by atomic mass is 9.95. The van der Waals surface area contributed by atoms with Crippen molar-refractivity contribution in [1.82, 2.24) is 0 Å². The lowest BCUT2D eigenvalue weighted by Crippen LogP contribution is -2.02. The van der Waals surface area contributed by atoms with E-state index in [9.17, 15) is 9.90 Å². The molecule has 0 spiro atoms. The first-order valence-electron chi connectivity index (χ1n) is 10.2. The molecule has 150 valence electrons. The second kappa shape index (κ2) is 8.83. The van der Waals surface area contributed by atoms with Crippen LogP contribution in [0.1, 0.15) is 24.5 Å². The molecule has 0 aliphatic carbocycles. The summed E-state index contributed by atoms with van der Waals surface area (Å²) in [4.78, 5) is 12.2. The number of fused-ring (bicyclic) bond motifs is 2. The summed E-state index contributed by atoms with van der Waals surface area (Å²) in [5.74, 6) is -0.0409. The lowest BCUT2D eigenvalue weighted by molar-refractivity contribution is -0.137. The number of phenols is 1. The van der Waals surface area contributed by atoms with Gasteiger partial charge in [0, 0.05) is 6.08 Å². The van der Waals surface area contributed by atoms with E-state index in [2.05, 4.69) is 42.5 Å². The van der Waals surface area contributed by atoms with Gasteiger partial charge in [0.2, 0.25) is 0 Å². The van der Waals surface area contributed by atoms with Crippen LogP contribution in [0.15, 0.2) is 84.9 Å². The molecule has 0 heterocycles. The van der Waals surface area contributed by atoms with Gasteiger partial charge in [-0.3, -0.25) is 0 Å². The average molecular weight is 396 g/mol. The van der Waals surface area contributed by atoms with Crippen molar-refractivity contribution in [1.29, 1.82) is 0 Å². The third-order valence-electron chi connectivity index (χ3n) is 5.27. The van der Waals surface area contributed by atoms with E-state index in [4.69, 9.17) is 4.74 Å². The number of allylic oxidation sites excluding steroid dienone is 1. The minimum Gasteiger partial charge on any atom is -0.508 e. The number of hydrogen-bond donors (Lipinski definition) is 1. The molecule has 1 N–H and O–H groups in total. The van der Waals surface area contributed by atoms with E-state index in [1.54, 1.807) is 18.2 Å². The first-order valence-corrected chi connectivity index (χ1v) is 10.2. The van der Waals surface area contributed by atoms with Gasteiger partial charge in [-0.2, -0.15) is 0 Å². The Balaban J connectivity index is 1.62. The van der Waals surface area contributed by atoms with Crippen molar-refractivity contribution in [3.05, 3.63) is 96.1 Å². The monoisotopic (exact) mass is 396 g/mol. The molecule has 4 rings (SSSR count). The second-order valence-corrected chi connectivity index (χ2v) is 7.35. The number of hydrogen-bond acceptors (Lipinski definition) is 3. The molecule has 0 atom stereocenters. The number of carbonyl (C=O) groups is 1. The fraction of sp³-hybridized carbons (Fsp3) is 0.148. The number of ether oxygens (including phenoxy) is 1. The third-order valence-corrected chi connectivity index (χ3v) is 5.27. The maximum atomic E-state index is 12.2. The summed E-state index contributed by atoms with van der Waals surface area (Å²) in [7, 11) is 0. The first-order chi connectivity index (χ1) is 14.6. The van der Waals surface area contributed by atoms with Gasteiger partial charge in [-0.15, -0.1) is 0 Å². The Morgan fingerprint density at radius 3 is 2.40 bits per heavy atom. The maximum Gasteiger partial charge on any atom is 0.331 e. The number of aryl methyl sites for hydroxylation is 1. The molecule has 0 saturated carbocycles. The molecule has 0 amide bonds. The summed E-state index contributed by atoms with van der Waals surface area (Å²) < 4.78 is 5.16. The molecule has 4 aromatic carbocycles. The number of esters is 1. The van der Waals surface area contributed by atoms with E-state index in [-0.39, 0.29) is 11.7 Å². The number of carbonyl (C=O) groups excluding carboxylic acids is 1. The van der Waals surface area contributed by atoms with Gasteiger partial charge in [-0.05, 0) is 76.2 Å². The van der Waals surface area contributed by atoms with Crippen LogP contribution in [0.5, 0.6) is 5.75 Å². The van der Waals surface area contributed by atoms with E-state index < -0.39 is 0 Å². The molecule has 0 fully saturated rings. The van der Waals surface area contributed by atoms with Crippen LogP contribution in [0.2, 0.25) is 0 Å². The number of benzene rings is 4. The summed E-state index contributed by atoms with van der Waals surface area (Å²) in [5.41, 5.74) is 3.18. The summed E-state index contributed by atoms with van der Waals surface area (Å²) in [5, 5.41) is 14.1. The largest absolute Gasteiger partial charge is 0.508 e. The van der Waals surface area contributed by atoms with Crippen LogP contribution in [0.4, 0.5) is 0 Å². The Morgan fingerprint density at radius 2 is 1.57 bits per heavy atom. The topological polar surface area (TPSA) is 46.5 Å². The summed E-state index contributed by atoms with van der Waals surface area (Å²) in [6, 6.07) is 26.1. The Bertz CT molecular complexity index is 1240. The van der Waals surface area contributed by atoms with Crippen molar-refractivity contribution in [3.63, 3.8) is 0 Å². The molecule has 0 unspecified atom stereocenters. The SMILES string of the molecule is CCOC(=O)/C=C(/CCc1ccc2cc(O)ccc2c1)c1ccc2ccccc2c1. The minimum atomic E-state index is -0.311. The zero-order valence-electron chi connectivity index (χ0n) is 17.0. The molecule has 4 aromatic rings. The van der Waals surface area contributed by atoms with Crippen molar-refractivity contribution in [2.75, 3.05) is 6.61 Å². The van der Waals surface area contributed by atoms with E-state index in [0.717, 1.165) is 40.1 Å². The van der Waals surface area contributed by atoms with E-state index in [1.807, 2.05) is 31.2 Å². The van der Waals surface area contributed by atoms with Crippen LogP contribution in [0, 0.1) is 0 Å². The average Bonchev–Trinajstić information content (AvgIpc) is 2.76. The van der Waals surface area contributed by atoms with Crippen molar-refractivity contribution < 1.29 is 14.6 Å². The van der Waals surface area contributed by atoms with Crippen molar-refractivity contribution in [3.8, 4) is 5.75 Å². The molecule has 0 aromatic heterocycles. The standard InChI is InChI=1S/C27H24O3/c1-2-30-27(29)18-25(23-12-11-20-5-3-4-6-21(20)16-23)10-8-19-7-9-24-17-26(28)14-13-22(24)15-19/h3-7,9,11-18,28H,2,8,10H2,1H3/b25-18-. The summed E-state index contributed by atoms with van der Waals surface area (Å²) in [6.07, 6.45) is 3.14. The minimum absolute atomic E-state index is 0.270. The Hall–Kier alpha value is -3.59. The molecular formula is C27H24O3. The summed E-state index contributed by atoms with van der Waals surface area (Å²) in [6.45, 7) is 2.17. The van der Waals surface area contributed by atoms with Gasteiger partial charge >= 0.3 is 5.97 Å². The van der Waals surface area contributed by atoms with Crippen LogP contribution in [0.3, 0.4) is 0 Å². The molecule has 3 heteroatoms. The van der Waals surface area contributed by atoms with Crippen LogP contribution < -0.4 is 0 Å². The number of phenolic OH excluding ortho intramolecular Hbond substituents is 1. The molecule has 3 nitrogen and oxygen atoms in total. The molecule has 0 aliphatic heterocycles. The highest BCUT2D eigenvalue weighted by Crippen LogP contribution is 2.27. The van der Waals surface area contributed by atoms with Gasteiger partial charge in [0.1, 0.15) is 5.75 Å². The fourth-order valence-corrected chi connectivity index (χ4v) is 3.73. The van der Waals surface area contributed by atoms with Gasteiger partial charge in [-0.25, -0.2) is 4.79 Å². The fourth-order valence-electron chi connectivity index (χ4n) is 3.73. The third kappa shape index (κ3) is 4.52. The van der Waals surface area contributed by atoms with Crippen LogP contribution in [-0.2, 0) is 16.0 Å². The molecule has 0 aliphatic rings. The lowest BCUT2D eigenvalue weighted by Gasteiger charge is -2.11. The number of aromatic hydroxyl groups is 1. The van der Waals surface area contributed by atoms with Gasteiger partial charge in [0.05, 0.1) is 6.61 Å². The van der Waals surface area contributed by atoms with Gasteiger partial charge in [0.25, 0.3) is 0 Å². The first kappa shape index (κ1) is 19.7. The zero-order chi connectivity index (χ0) is 20.9. The Labute approximate surface area is 176 Å². The van der Waals surface area contributed by atoms with Crippen molar-refractivity contribution >= 4 is 33.1 Å². The van der Waals surface area contributed by atoms with Crippen LogP contribution in [-0.4, -0.2) is 17.7 Å². The summed E-state index contributed by atoms with van der Waals surface area (Å²) >= 11 is 0. The quantitative estimate of drug-likeness (QED) is 0.308. The predicted octanol–water partition coefficient (Wildman–Crippen LogP) is 6.28. The smallest absolute Gasteiger partial charge is 0.331 e. The highest BCUT2D eigenvalue weighted by atomic mass is 16.5. The van der Waals surface area contributed by atoms with Gasteiger partial charge < -0.3 is 9.84 Å². The Kier molecular flexibility index (Phi) is 5.80. The predicted molar refractivity (Wildman–Crippen MR) is 122 cm³/mol. The molecular weight excluding hydrogens is 372 g/mol. The molecule has 30 heavy (non-hydrogen) atoms. The molecule has 0 bridgehead atoms. The zero-order valence-corrected chi connectivity index (χ0v) is 17.0. The van der Waals surface area contributed by atoms with Gasteiger partial charge in [0.15, 0.2) is 0 Å². The molecule has 0 saturated heterocycles. The van der Waals surface area contributed by atoms with Crippen molar-refractivity contribution in [2.24, 2.45) is 0 Å². The normalized spacial score (nSPS) is 11.7. The van der Waals surface area contributed by atoms with E-state index in [0.29, 0.717) is 6.61 Å². The Morgan fingerprint density at radius 1 is 0.867 bits per heavy atom. The van der Waals surface area contributed by atoms with Crippen LogP contribution >= 0.6 is 0 Å². The maximum absolute atomic E-state index is 12.2. The second-order valence-electron chi connectivity index (χ2n) is 7.35. The van der Waals surface area contributed by atoms with E-state index >= 15 is 0 Å². The number of rotatable bonds is 6. The highest BCUT2D eigenvalue weighted by Gasteiger charge is 2.08. The molecule has 0 radical (unpaired) electrons. The van der Waals surface area contributed by atoms with Crippen LogP contribution in [0.25, 0.3) is 27.1 Å². The van der Waals surface area contributed by atoms with E-state index in [1.165, 1.54) is 10.9 Å².